The Morgan fingerprint density at radius 3 is 2.96 bits per heavy atom. The Kier molecular flexibility index (Phi) is 5.14. The van der Waals surface area contributed by atoms with Crippen LogP contribution < -0.4 is 20.1 Å². The number of nitrogens with zero attached hydrogens (tertiary/aromatic N) is 3. The molecular weight excluding hydrogens is 330 g/mol. The van der Waals surface area contributed by atoms with E-state index in [0.717, 1.165) is 30.0 Å². The molecule has 2 aromatic rings. The Hall–Kier alpha value is -2.83. The van der Waals surface area contributed by atoms with Gasteiger partial charge in [0.2, 0.25) is 12.7 Å². The number of ether oxygens (including phenoxy) is 2. The first-order valence-electron chi connectivity index (χ1n) is 9.11. The van der Waals surface area contributed by atoms with Gasteiger partial charge in [-0.2, -0.15) is 10.1 Å². The average molecular weight is 353 g/mol. The lowest BCUT2D eigenvalue weighted by molar-refractivity contribution is 0.174. The second-order valence-electron chi connectivity index (χ2n) is 6.49. The van der Waals surface area contributed by atoms with Crippen molar-refractivity contribution in [3.05, 3.63) is 41.6 Å². The van der Waals surface area contributed by atoms with Crippen molar-refractivity contribution in [1.29, 1.82) is 0 Å². The Balaban J connectivity index is 1.29. The van der Waals surface area contributed by atoms with E-state index >= 15 is 0 Å². The van der Waals surface area contributed by atoms with Gasteiger partial charge < -0.3 is 20.1 Å². The van der Waals surface area contributed by atoms with Crippen LogP contribution in [0.4, 0.5) is 11.8 Å². The Labute approximate surface area is 152 Å². The Bertz CT molecular complexity index is 793. The first-order valence-corrected chi connectivity index (χ1v) is 9.11. The summed E-state index contributed by atoms with van der Waals surface area (Å²) in [4.78, 5) is 4.47. The first kappa shape index (κ1) is 16.6. The van der Waals surface area contributed by atoms with Gasteiger partial charge in [-0.05, 0) is 49.8 Å². The van der Waals surface area contributed by atoms with Crippen molar-refractivity contribution >= 4 is 11.8 Å². The Morgan fingerprint density at radius 1 is 1.08 bits per heavy atom. The van der Waals surface area contributed by atoms with Crippen LogP contribution in [0.25, 0.3) is 0 Å². The first-order chi connectivity index (χ1) is 12.9. The molecule has 7 heteroatoms. The molecule has 1 aromatic carbocycles. The van der Waals surface area contributed by atoms with Crippen molar-refractivity contribution in [2.75, 3.05) is 24.0 Å². The van der Waals surface area contributed by atoms with E-state index in [1.54, 1.807) is 6.20 Å². The zero-order valence-electron chi connectivity index (χ0n) is 14.7. The van der Waals surface area contributed by atoms with E-state index < -0.39 is 0 Å². The third-order valence-electron chi connectivity index (χ3n) is 4.58. The number of hydrogen-bond acceptors (Lipinski definition) is 7. The fraction of sp³-hybridized carbons (Fsp3) is 0.421. The zero-order chi connectivity index (χ0) is 17.6. The SMILES string of the molecule is C1=C(CCNc2nncc(NCc3ccc4c(c3)OCO4)n2)CCCC1. The highest BCUT2D eigenvalue weighted by atomic mass is 16.7. The summed E-state index contributed by atoms with van der Waals surface area (Å²) < 4.78 is 10.7. The maximum Gasteiger partial charge on any atom is 0.244 e. The van der Waals surface area contributed by atoms with Gasteiger partial charge in [0.15, 0.2) is 17.3 Å². The van der Waals surface area contributed by atoms with E-state index in [0.29, 0.717) is 18.3 Å². The summed E-state index contributed by atoms with van der Waals surface area (Å²) in [5.41, 5.74) is 2.63. The quantitative estimate of drug-likeness (QED) is 0.737. The molecule has 1 aliphatic heterocycles. The summed E-state index contributed by atoms with van der Waals surface area (Å²) in [6, 6.07) is 5.90. The fourth-order valence-electron chi connectivity index (χ4n) is 3.17. The number of allylic oxidation sites excluding steroid dienone is 1. The van der Waals surface area contributed by atoms with Crippen molar-refractivity contribution < 1.29 is 9.47 Å². The number of hydrogen-bond donors (Lipinski definition) is 2. The molecule has 136 valence electrons. The summed E-state index contributed by atoms with van der Waals surface area (Å²) in [5.74, 6) is 2.82. The van der Waals surface area contributed by atoms with Crippen LogP contribution in [0.3, 0.4) is 0 Å². The van der Waals surface area contributed by atoms with Crippen molar-refractivity contribution in [1.82, 2.24) is 15.2 Å². The molecule has 2 heterocycles. The van der Waals surface area contributed by atoms with Crippen molar-refractivity contribution in [3.63, 3.8) is 0 Å². The van der Waals surface area contributed by atoms with Gasteiger partial charge in [-0.3, -0.25) is 0 Å². The van der Waals surface area contributed by atoms with Crippen LogP contribution in [0.1, 0.15) is 37.7 Å². The highest BCUT2D eigenvalue weighted by molar-refractivity contribution is 5.46. The standard InChI is InChI=1S/C19H23N5O2/c1-2-4-14(5-3-1)8-9-20-19-23-18(12-22-24-19)21-11-15-6-7-16-17(10-15)26-13-25-16/h4,6-7,10,12H,1-3,5,8-9,11,13H2,(H2,20,21,23,24). The minimum Gasteiger partial charge on any atom is -0.454 e. The van der Waals surface area contributed by atoms with E-state index in [-0.39, 0.29) is 6.79 Å². The summed E-state index contributed by atoms with van der Waals surface area (Å²) in [7, 11) is 0. The summed E-state index contributed by atoms with van der Waals surface area (Å²) >= 11 is 0. The van der Waals surface area contributed by atoms with Crippen molar-refractivity contribution in [2.45, 2.75) is 38.6 Å². The molecule has 0 radical (unpaired) electrons. The molecule has 4 rings (SSSR count). The third kappa shape index (κ3) is 4.22. The highest BCUT2D eigenvalue weighted by Crippen LogP contribution is 2.32. The molecule has 7 nitrogen and oxygen atoms in total. The lowest BCUT2D eigenvalue weighted by atomic mass is 9.97. The molecule has 0 bridgehead atoms. The molecule has 0 unspecified atom stereocenters. The molecule has 2 aliphatic rings. The normalized spacial score (nSPS) is 15.5. The van der Waals surface area contributed by atoms with E-state index in [4.69, 9.17) is 9.47 Å². The molecule has 0 saturated heterocycles. The van der Waals surface area contributed by atoms with Gasteiger partial charge in [0.25, 0.3) is 0 Å². The molecule has 0 atom stereocenters. The van der Waals surface area contributed by atoms with Crippen LogP contribution in [0.2, 0.25) is 0 Å². The van der Waals surface area contributed by atoms with Gasteiger partial charge in [0, 0.05) is 13.1 Å². The number of rotatable bonds is 7. The van der Waals surface area contributed by atoms with Crippen LogP contribution in [-0.4, -0.2) is 28.5 Å². The van der Waals surface area contributed by atoms with Crippen LogP contribution in [-0.2, 0) is 6.54 Å². The predicted octanol–water partition coefficient (Wildman–Crippen LogP) is 3.51. The smallest absolute Gasteiger partial charge is 0.244 e. The minimum absolute atomic E-state index is 0.286. The molecule has 0 saturated carbocycles. The van der Waals surface area contributed by atoms with Crippen LogP contribution >= 0.6 is 0 Å². The lowest BCUT2D eigenvalue weighted by Gasteiger charge is -2.13. The summed E-state index contributed by atoms with van der Waals surface area (Å²) in [5, 5.41) is 14.6. The lowest BCUT2D eigenvalue weighted by Crippen LogP contribution is -2.10. The monoisotopic (exact) mass is 353 g/mol. The molecule has 0 spiro atoms. The van der Waals surface area contributed by atoms with Crippen molar-refractivity contribution in [3.8, 4) is 11.5 Å². The number of anilines is 2. The van der Waals surface area contributed by atoms with Gasteiger partial charge in [0.05, 0.1) is 6.20 Å². The van der Waals surface area contributed by atoms with Crippen LogP contribution in [0.15, 0.2) is 36.0 Å². The Morgan fingerprint density at radius 2 is 2.04 bits per heavy atom. The number of aromatic nitrogens is 3. The van der Waals surface area contributed by atoms with Gasteiger partial charge in [-0.25, -0.2) is 0 Å². The van der Waals surface area contributed by atoms with E-state index in [9.17, 15) is 0 Å². The summed E-state index contributed by atoms with van der Waals surface area (Å²) in [6.45, 7) is 1.74. The third-order valence-corrected chi connectivity index (χ3v) is 4.58. The zero-order valence-corrected chi connectivity index (χ0v) is 14.7. The molecule has 1 aromatic heterocycles. The predicted molar refractivity (Wildman–Crippen MR) is 99.4 cm³/mol. The van der Waals surface area contributed by atoms with Gasteiger partial charge in [0.1, 0.15) is 0 Å². The molecule has 1 aliphatic carbocycles. The minimum atomic E-state index is 0.286. The van der Waals surface area contributed by atoms with E-state index in [1.165, 1.54) is 31.3 Å². The number of fused-ring (bicyclic) bond motifs is 1. The molecule has 0 fully saturated rings. The molecule has 2 N–H and O–H groups in total. The maximum atomic E-state index is 5.40. The highest BCUT2D eigenvalue weighted by Gasteiger charge is 2.13. The second-order valence-corrected chi connectivity index (χ2v) is 6.49. The fourth-order valence-corrected chi connectivity index (χ4v) is 3.17. The van der Waals surface area contributed by atoms with Crippen LogP contribution in [0, 0.1) is 0 Å². The van der Waals surface area contributed by atoms with E-state index in [2.05, 4.69) is 31.9 Å². The van der Waals surface area contributed by atoms with E-state index in [1.807, 2.05) is 18.2 Å². The second kappa shape index (κ2) is 8.03. The summed E-state index contributed by atoms with van der Waals surface area (Å²) in [6.07, 6.45) is 10.1. The maximum absolute atomic E-state index is 5.40. The average Bonchev–Trinajstić information content (AvgIpc) is 3.15. The van der Waals surface area contributed by atoms with Gasteiger partial charge in [-0.15, -0.1) is 5.10 Å². The molecular formula is C19H23N5O2. The van der Waals surface area contributed by atoms with Gasteiger partial charge >= 0.3 is 0 Å². The van der Waals surface area contributed by atoms with Crippen LogP contribution in [0.5, 0.6) is 11.5 Å². The van der Waals surface area contributed by atoms with Gasteiger partial charge in [-0.1, -0.05) is 17.7 Å². The topological polar surface area (TPSA) is 81.2 Å². The number of benzene rings is 1. The molecule has 26 heavy (non-hydrogen) atoms. The largest absolute Gasteiger partial charge is 0.454 e. The molecule has 0 amide bonds. The number of nitrogens with one attached hydrogen (secondary N) is 2. The van der Waals surface area contributed by atoms with Crippen molar-refractivity contribution in [2.24, 2.45) is 0 Å².